The van der Waals surface area contributed by atoms with E-state index in [0.717, 1.165) is 42.8 Å². The summed E-state index contributed by atoms with van der Waals surface area (Å²) >= 11 is 7.42. The van der Waals surface area contributed by atoms with E-state index in [9.17, 15) is 0 Å². The number of piperidine rings is 1. The zero-order valence-electron chi connectivity index (χ0n) is 15.8. The fourth-order valence-electron chi connectivity index (χ4n) is 3.88. The molecule has 1 aromatic carbocycles. The Morgan fingerprint density at radius 1 is 1.11 bits per heavy atom. The fraction of sp³-hybridized carbons (Fsp3) is 0.429. The van der Waals surface area contributed by atoms with Crippen molar-refractivity contribution in [1.29, 1.82) is 0 Å². The van der Waals surface area contributed by atoms with Crippen molar-refractivity contribution in [3.05, 3.63) is 58.2 Å². The van der Waals surface area contributed by atoms with Crippen LogP contribution in [-0.2, 0) is 19.6 Å². The first-order valence-corrected chi connectivity index (χ1v) is 11.0. The molecular formula is C21H26N4S2. The average molecular weight is 399 g/mol. The molecule has 0 spiro atoms. The largest absolute Gasteiger partial charge is 0.300 e. The smallest absolute Gasteiger partial charge is 0.199 e. The molecule has 142 valence electrons. The Morgan fingerprint density at radius 2 is 1.89 bits per heavy atom. The maximum atomic E-state index is 5.71. The topological polar surface area (TPSA) is 26.0 Å². The Labute approximate surface area is 170 Å². The number of thiophene rings is 1. The zero-order chi connectivity index (χ0) is 18.6. The van der Waals surface area contributed by atoms with Gasteiger partial charge in [0.05, 0.1) is 11.5 Å². The van der Waals surface area contributed by atoms with Crippen LogP contribution in [-0.4, -0.2) is 32.3 Å². The Kier molecular flexibility index (Phi) is 5.86. The van der Waals surface area contributed by atoms with Gasteiger partial charge in [-0.3, -0.25) is 9.47 Å². The van der Waals surface area contributed by atoms with Crippen molar-refractivity contribution in [2.75, 3.05) is 13.1 Å². The molecule has 6 heteroatoms. The molecule has 4 nitrogen and oxygen atoms in total. The Hall–Kier alpha value is -1.76. The van der Waals surface area contributed by atoms with Crippen LogP contribution in [0.1, 0.15) is 25.3 Å². The van der Waals surface area contributed by atoms with Crippen molar-refractivity contribution in [2.45, 2.75) is 39.4 Å². The van der Waals surface area contributed by atoms with E-state index in [1.54, 1.807) is 11.3 Å². The van der Waals surface area contributed by atoms with E-state index in [1.807, 2.05) is 4.68 Å². The summed E-state index contributed by atoms with van der Waals surface area (Å²) in [6.07, 6.45) is 3.68. The second kappa shape index (κ2) is 8.50. The molecule has 0 saturated carbocycles. The number of rotatable bonds is 6. The number of hydrogen-bond acceptors (Lipinski definition) is 4. The van der Waals surface area contributed by atoms with Crippen LogP contribution in [0.25, 0.3) is 10.7 Å². The van der Waals surface area contributed by atoms with Crippen LogP contribution in [0.4, 0.5) is 0 Å². The lowest BCUT2D eigenvalue weighted by atomic mass is 9.90. The Balaban J connectivity index is 1.40. The van der Waals surface area contributed by atoms with Crippen LogP contribution in [0.2, 0.25) is 0 Å². The minimum Gasteiger partial charge on any atom is -0.300 e. The number of benzene rings is 1. The molecule has 0 N–H and O–H groups in total. The highest BCUT2D eigenvalue weighted by molar-refractivity contribution is 7.71. The van der Waals surface area contributed by atoms with E-state index in [2.05, 4.69) is 64.2 Å². The van der Waals surface area contributed by atoms with Gasteiger partial charge in [0.15, 0.2) is 10.6 Å². The highest BCUT2D eigenvalue weighted by Crippen LogP contribution is 2.25. The van der Waals surface area contributed by atoms with Gasteiger partial charge in [0.25, 0.3) is 0 Å². The Bertz CT molecular complexity index is 904. The van der Waals surface area contributed by atoms with E-state index in [4.69, 9.17) is 17.3 Å². The van der Waals surface area contributed by atoms with Crippen LogP contribution < -0.4 is 0 Å². The lowest BCUT2D eigenvalue weighted by molar-refractivity contribution is 0.140. The van der Waals surface area contributed by atoms with Crippen LogP contribution in [0.3, 0.4) is 0 Å². The first-order valence-electron chi connectivity index (χ1n) is 9.72. The summed E-state index contributed by atoms with van der Waals surface area (Å²) in [5, 5.41) is 6.94. The van der Waals surface area contributed by atoms with Crippen LogP contribution in [0, 0.1) is 10.7 Å². The summed E-state index contributed by atoms with van der Waals surface area (Å²) in [6.45, 7) is 6.01. The van der Waals surface area contributed by atoms with Gasteiger partial charge in [0, 0.05) is 19.6 Å². The highest BCUT2D eigenvalue weighted by atomic mass is 32.1. The van der Waals surface area contributed by atoms with Crippen molar-refractivity contribution in [1.82, 2.24) is 19.2 Å². The van der Waals surface area contributed by atoms with Crippen molar-refractivity contribution >= 4 is 23.6 Å². The van der Waals surface area contributed by atoms with E-state index in [0.29, 0.717) is 0 Å². The molecule has 1 aliphatic rings. The zero-order valence-corrected chi connectivity index (χ0v) is 17.4. The fourth-order valence-corrected chi connectivity index (χ4v) is 4.91. The van der Waals surface area contributed by atoms with Gasteiger partial charge < -0.3 is 0 Å². The molecule has 0 unspecified atom stereocenters. The average Bonchev–Trinajstić information content (AvgIpc) is 3.33. The summed E-state index contributed by atoms with van der Waals surface area (Å²) in [6, 6.07) is 15.1. The first kappa shape index (κ1) is 18.6. The van der Waals surface area contributed by atoms with E-state index < -0.39 is 0 Å². The van der Waals surface area contributed by atoms with Gasteiger partial charge in [-0.25, -0.2) is 4.68 Å². The first-order chi connectivity index (χ1) is 13.2. The quantitative estimate of drug-likeness (QED) is 0.542. The van der Waals surface area contributed by atoms with Crippen molar-refractivity contribution in [2.24, 2.45) is 5.92 Å². The molecule has 27 heavy (non-hydrogen) atoms. The summed E-state index contributed by atoms with van der Waals surface area (Å²) in [7, 11) is 0. The molecule has 0 bridgehead atoms. The lowest BCUT2D eigenvalue weighted by Gasteiger charge is -2.31. The third kappa shape index (κ3) is 4.23. The third-order valence-corrected chi connectivity index (χ3v) is 6.69. The SMILES string of the molecule is CCn1c(-c2cccs2)nn(CN2CCC(Cc3ccccc3)CC2)c1=S. The van der Waals surface area contributed by atoms with E-state index in [-0.39, 0.29) is 0 Å². The van der Waals surface area contributed by atoms with Crippen LogP contribution >= 0.6 is 23.6 Å². The van der Waals surface area contributed by atoms with Gasteiger partial charge in [-0.15, -0.1) is 16.4 Å². The van der Waals surface area contributed by atoms with Gasteiger partial charge in [0.1, 0.15) is 0 Å². The summed E-state index contributed by atoms with van der Waals surface area (Å²) in [5.74, 6) is 1.78. The van der Waals surface area contributed by atoms with Gasteiger partial charge in [-0.05, 0) is 61.3 Å². The molecule has 4 rings (SSSR count). The third-order valence-electron chi connectivity index (χ3n) is 5.39. The second-order valence-electron chi connectivity index (χ2n) is 7.22. The van der Waals surface area contributed by atoms with Gasteiger partial charge in [-0.2, -0.15) is 0 Å². The summed E-state index contributed by atoms with van der Waals surface area (Å²) < 4.78 is 4.97. The maximum Gasteiger partial charge on any atom is 0.199 e. The predicted octanol–water partition coefficient (Wildman–Crippen LogP) is 5.07. The molecule has 0 aliphatic carbocycles. The van der Waals surface area contributed by atoms with Crippen molar-refractivity contribution < 1.29 is 0 Å². The number of hydrogen-bond donors (Lipinski definition) is 0. The number of nitrogens with zero attached hydrogens (tertiary/aromatic N) is 4. The van der Waals surface area contributed by atoms with E-state index in [1.165, 1.54) is 29.7 Å². The molecule has 2 aromatic heterocycles. The molecule has 3 aromatic rings. The predicted molar refractivity (Wildman–Crippen MR) is 114 cm³/mol. The van der Waals surface area contributed by atoms with Gasteiger partial charge in [0.2, 0.25) is 0 Å². The minimum absolute atomic E-state index is 0.784. The minimum atomic E-state index is 0.784. The van der Waals surface area contributed by atoms with Gasteiger partial charge >= 0.3 is 0 Å². The monoisotopic (exact) mass is 398 g/mol. The molecular weight excluding hydrogens is 372 g/mol. The molecule has 3 heterocycles. The normalized spacial score (nSPS) is 16.0. The Morgan fingerprint density at radius 3 is 2.56 bits per heavy atom. The maximum absolute atomic E-state index is 5.71. The number of likely N-dealkylation sites (tertiary alicyclic amines) is 1. The molecule has 1 saturated heterocycles. The second-order valence-corrected chi connectivity index (χ2v) is 8.53. The summed E-state index contributed by atoms with van der Waals surface area (Å²) in [4.78, 5) is 3.67. The molecule has 1 fully saturated rings. The molecule has 1 aliphatic heterocycles. The van der Waals surface area contributed by atoms with Crippen molar-refractivity contribution in [3.63, 3.8) is 0 Å². The standard InChI is InChI=1S/C21H26N4S2/c1-2-24-20(19-9-6-14-27-19)22-25(21(24)26)16-23-12-10-18(11-13-23)15-17-7-4-3-5-8-17/h3-9,14,18H,2,10-13,15-16H2,1H3. The van der Waals surface area contributed by atoms with Gasteiger partial charge in [-0.1, -0.05) is 36.4 Å². The molecule has 0 radical (unpaired) electrons. The lowest BCUT2D eigenvalue weighted by Crippen LogP contribution is -2.36. The molecule has 0 atom stereocenters. The van der Waals surface area contributed by atoms with Crippen molar-refractivity contribution in [3.8, 4) is 10.7 Å². The number of aromatic nitrogens is 3. The summed E-state index contributed by atoms with van der Waals surface area (Å²) in [5.41, 5.74) is 1.46. The van der Waals surface area contributed by atoms with E-state index >= 15 is 0 Å². The van der Waals surface area contributed by atoms with Crippen LogP contribution in [0.15, 0.2) is 47.8 Å². The highest BCUT2D eigenvalue weighted by Gasteiger charge is 2.21. The van der Waals surface area contributed by atoms with Crippen LogP contribution in [0.5, 0.6) is 0 Å². The molecule has 0 amide bonds.